The summed E-state index contributed by atoms with van der Waals surface area (Å²) in [6, 6.07) is 1.77. The molecule has 1 amide bonds. The van der Waals surface area contributed by atoms with Crippen molar-refractivity contribution in [2.75, 3.05) is 6.54 Å². The first kappa shape index (κ1) is 13.8. The molecule has 0 aromatic carbocycles. The Morgan fingerprint density at radius 3 is 2.59 bits per heavy atom. The Hall–Kier alpha value is -1.29. The van der Waals surface area contributed by atoms with E-state index in [1.54, 1.807) is 13.0 Å². The van der Waals surface area contributed by atoms with Gasteiger partial charge in [-0.05, 0) is 46.2 Å². The first-order valence-electron chi connectivity index (χ1n) is 6.01. The van der Waals surface area contributed by atoms with Gasteiger partial charge in [0.2, 0.25) is 0 Å². The Morgan fingerprint density at radius 1 is 1.53 bits per heavy atom. The molecule has 1 unspecified atom stereocenters. The van der Waals surface area contributed by atoms with Crippen molar-refractivity contribution >= 4 is 5.91 Å². The van der Waals surface area contributed by atoms with Crippen LogP contribution in [0.5, 0.6) is 0 Å². The largest absolute Gasteiger partial charge is 0.466 e. The zero-order valence-corrected chi connectivity index (χ0v) is 11.1. The summed E-state index contributed by atoms with van der Waals surface area (Å²) >= 11 is 0. The lowest BCUT2D eigenvalue weighted by molar-refractivity contribution is 0.0898. The van der Waals surface area contributed by atoms with Gasteiger partial charge in [-0.3, -0.25) is 4.79 Å². The van der Waals surface area contributed by atoms with Gasteiger partial charge in [0.25, 0.3) is 5.91 Å². The first-order chi connectivity index (χ1) is 7.91. The molecule has 1 aromatic heterocycles. The number of furan rings is 1. The standard InChI is InChI=1S/C13H22N2O2/c1-5-13(4,6-7-14)15-12(16)11-8-9(2)17-10(11)3/h8H,5-7,14H2,1-4H3,(H,15,16). The van der Waals surface area contributed by atoms with Gasteiger partial charge in [0.1, 0.15) is 11.5 Å². The van der Waals surface area contributed by atoms with Crippen LogP contribution in [-0.2, 0) is 0 Å². The quantitative estimate of drug-likeness (QED) is 0.825. The summed E-state index contributed by atoms with van der Waals surface area (Å²) in [5, 5.41) is 3.04. The van der Waals surface area contributed by atoms with Crippen molar-refractivity contribution in [3.05, 3.63) is 23.2 Å². The number of nitrogens with two attached hydrogens (primary N) is 1. The topological polar surface area (TPSA) is 68.3 Å². The predicted octanol–water partition coefficient (Wildman–Crippen LogP) is 2.14. The van der Waals surface area contributed by atoms with Gasteiger partial charge in [0.15, 0.2) is 0 Å². The highest BCUT2D eigenvalue weighted by Crippen LogP contribution is 2.18. The summed E-state index contributed by atoms with van der Waals surface area (Å²) in [4.78, 5) is 12.1. The number of carbonyl (C=O) groups is 1. The summed E-state index contributed by atoms with van der Waals surface area (Å²) < 4.78 is 5.36. The van der Waals surface area contributed by atoms with Crippen LogP contribution in [-0.4, -0.2) is 18.0 Å². The summed E-state index contributed by atoms with van der Waals surface area (Å²) in [6.07, 6.45) is 1.62. The maximum absolute atomic E-state index is 12.1. The highest BCUT2D eigenvalue weighted by atomic mass is 16.3. The number of amides is 1. The lowest BCUT2D eigenvalue weighted by atomic mass is 9.94. The molecule has 4 heteroatoms. The molecule has 4 nitrogen and oxygen atoms in total. The van der Waals surface area contributed by atoms with E-state index in [9.17, 15) is 4.79 Å². The molecule has 0 fully saturated rings. The number of aryl methyl sites for hydroxylation is 2. The van der Waals surface area contributed by atoms with Crippen LogP contribution < -0.4 is 11.1 Å². The number of nitrogens with one attached hydrogen (secondary N) is 1. The molecule has 96 valence electrons. The number of hydrogen-bond donors (Lipinski definition) is 2. The molecule has 1 aromatic rings. The molecule has 1 heterocycles. The van der Waals surface area contributed by atoms with Gasteiger partial charge >= 0.3 is 0 Å². The van der Waals surface area contributed by atoms with Crippen LogP contribution in [0, 0.1) is 13.8 Å². The maximum Gasteiger partial charge on any atom is 0.255 e. The molecule has 3 N–H and O–H groups in total. The third kappa shape index (κ3) is 3.33. The highest BCUT2D eigenvalue weighted by Gasteiger charge is 2.25. The fraction of sp³-hybridized carbons (Fsp3) is 0.615. The summed E-state index contributed by atoms with van der Waals surface area (Å²) in [6.45, 7) is 8.26. The van der Waals surface area contributed by atoms with Gasteiger partial charge in [0.05, 0.1) is 5.56 Å². The number of rotatable bonds is 5. The van der Waals surface area contributed by atoms with Crippen molar-refractivity contribution in [2.24, 2.45) is 5.73 Å². The molecule has 17 heavy (non-hydrogen) atoms. The van der Waals surface area contributed by atoms with E-state index in [1.165, 1.54) is 0 Å². The average Bonchev–Trinajstić information content (AvgIpc) is 2.58. The Morgan fingerprint density at radius 2 is 2.18 bits per heavy atom. The molecule has 1 atom stereocenters. The molecule has 0 aliphatic carbocycles. The minimum Gasteiger partial charge on any atom is -0.466 e. The SMILES string of the molecule is CCC(C)(CCN)NC(=O)c1cc(C)oc1C. The Bertz CT molecular complexity index is 398. The van der Waals surface area contributed by atoms with Crippen molar-refractivity contribution in [1.29, 1.82) is 0 Å². The van der Waals surface area contributed by atoms with Crippen LogP contribution >= 0.6 is 0 Å². The zero-order valence-electron chi connectivity index (χ0n) is 11.1. The van der Waals surface area contributed by atoms with E-state index < -0.39 is 0 Å². The molecular formula is C13H22N2O2. The van der Waals surface area contributed by atoms with Crippen molar-refractivity contribution < 1.29 is 9.21 Å². The lowest BCUT2D eigenvalue weighted by Crippen LogP contribution is -2.46. The third-order valence-corrected chi connectivity index (χ3v) is 3.18. The number of carbonyl (C=O) groups excluding carboxylic acids is 1. The van der Waals surface area contributed by atoms with Gasteiger partial charge in [-0.1, -0.05) is 6.92 Å². The van der Waals surface area contributed by atoms with Crippen LogP contribution in [0.25, 0.3) is 0 Å². The smallest absolute Gasteiger partial charge is 0.255 e. The molecule has 0 radical (unpaired) electrons. The third-order valence-electron chi connectivity index (χ3n) is 3.18. The number of hydrogen-bond acceptors (Lipinski definition) is 3. The molecule has 1 rings (SSSR count). The predicted molar refractivity (Wildman–Crippen MR) is 68.0 cm³/mol. The summed E-state index contributed by atoms with van der Waals surface area (Å²) in [5.41, 5.74) is 5.93. The fourth-order valence-corrected chi connectivity index (χ4v) is 1.84. The van der Waals surface area contributed by atoms with Gasteiger partial charge < -0.3 is 15.5 Å². The first-order valence-corrected chi connectivity index (χ1v) is 6.01. The second kappa shape index (κ2) is 5.36. The van der Waals surface area contributed by atoms with Crippen molar-refractivity contribution in [3.63, 3.8) is 0 Å². The molecule has 0 spiro atoms. The van der Waals surface area contributed by atoms with Crippen LogP contribution in [0.1, 0.15) is 48.6 Å². The molecule has 0 aliphatic heterocycles. The molecule has 0 bridgehead atoms. The summed E-state index contributed by atoms with van der Waals surface area (Å²) in [7, 11) is 0. The second-order valence-corrected chi connectivity index (χ2v) is 4.73. The highest BCUT2D eigenvalue weighted by molar-refractivity contribution is 5.95. The van der Waals surface area contributed by atoms with E-state index in [-0.39, 0.29) is 11.4 Å². The fourth-order valence-electron chi connectivity index (χ4n) is 1.84. The monoisotopic (exact) mass is 238 g/mol. The van der Waals surface area contributed by atoms with Gasteiger partial charge in [-0.25, -0.2) is 0 Å². The van der Waals surface area contributed by atoms with Crippen LogP contribution in [0.3, 0.4) is 0 Å². The molecule has 0 saturated carbocycles. The van der Waals surface area contributed by atoms with Crippen LogP contribution in [0.4, 0.5) is 0 Å². The zero-order chi connectivity index (χ0) is 13.1. The van der Waals surface area contributed by atoms with Gasteiger partial charge in [-0.2, -0.15) is 0 Å². The second-order valence-electron chi connectivity index (χ2n) is 4.73. The molecule has 0 aliphatic rings. The van der Waals surface area contributed by atoms with Crippen LogP contribution in [0.2, 0.25) is 0 Å². The van der Waals surface area contributed by atoms with E-state index in [1.807, 2.05) is 20.8 Å². The normalized spacial score (nSPS) is 14.4. The van der Waals surface area contributed by atoms with E-state index in [4.69, 9.17) is 10.2 Å². The Labute approximate surface area is 103 Å². The van der Waals surface area contributed by atoms with E-state index in [0.717, 1.165) is 18.6 Å². The molecular weight excluding hydrogens is 216 g/mol. The maximum atomic E-state index is 12.1. The van der Waals surface area contributed by atoms with Crippen molar-refractivity contribution in [2.45, 2.75) is 46.1 Å². The van der Waals surface area contributed by atoms with Crippen molar-refractivity contribution in [3.8, 4) is 0 Å². The minimum absolute atomic E-state index is 0.0860. The van der Waals surface area contributed by atoms with Crippen molar-refractivity contribution in [1.82, 2.24) is 5.32 Å². The van der Waals surface area contributed by atoms with Gasteiger partial charge in [-0.15, -0.1) is 0 Å². The Kier molecular flexibility index (Phi) is 4.34. The molecule has 0 saturated heterocycles. The van der Waals surface area contributed by atoms with Gasteiger partial charge in [0, 0.05) is 5.54 Å². The van der Waals surface area contributed by atoms with Crippen LogP contribution in [0.15, 0.2) is 10.5 Å². The minimum atomic E-state index is -0.247. The lowest BCUT2D eigenvalue weighted by Gasteiger charge is -2.29. The van der Waals surface area contributed by atoms with E-state index in [0.29, 0.717) is 17.9 Å². The summed E-state index contributed by atoms with van der Waals surface area (Å²) in [5.74, 6) is 1.33. The van der Waals surface area contributed by atoms with E-state index >= 15 is 0 Å². The Balaban J connectivity index is 2.81. The average molecular weight is 238 g/mol. The van der Waals surface area contributed by atoms with E-state index in [2.05, 4.69) is 5.32 Å².